The number of hydrogen-bond acceptors (Lipinski definition) is 3. The van der Waals surface area contributed by atoms with Gasteiger partial charge in [0.05, 0.1) is 0 Å². The third kappa shape index (κ3) is 4.16. The van der Waals surface area contributed by atoms with Gasteiger partial charge in [-0.1, -0.05) is 42.5 Å². The first-order valence-corrected chi connectivity index (χ1v) is 9.51. The number of rotatable bonds is 8. The van der Waals surface area contributed by atoms with Crippen molar-refractivity contribution in [2.75, 3.05) is 13.3 Å². The highest BCUT2D eigenvalue weighted by atomic mass is 16.5. The van der Waals surface area contributed by atoms with Crippen molar-refractivity contribution in [1.82, 2.24) is 5.32 Å². The molecule has 3 unspecified atom stereocenters. The van der Waals surface area contributed by atoms with Crippen LogP contribution in [0, 0.1) is 11.8 Å². The molecule has 2 aromatic rings. The van der Waals surface area contributed by atoms with Crippen LogP contribution in [-0.4, -0.2) is 19.4 Å². The summed E-state index contributed by atoms with van der Waals surface area (Å²) in [6.45, 7) is 1.41. The lowest BCUT2D eigenvalue weighted by atomic mass is 9.98. The molecule has 0 radical (unpaired) electrons. The SMILES string of the molecule is c1ccc(CCNCOc2ccccc2OC2CC3CCC2C3)cc1. The molecule has 0 amide bonds. The molecule has 2 aromatic carbocycles. The van der Waals surface area contributed by atoms with Gasteiger partial charge in [-0.15, -0.1) is 0 Å². The molecule has 0 aromatic heterocycles. The van der Waals surface area contributed by atoms with Gasteiger partial charge in [0.1, 0.15) is 12.8 Å². The van der Waals surface area contributed by atoms with Crippen LogP contribution < -0.4 is 14.8 Å². The van der Waals surface area contributed by atoms with Crippen LogP contribution in [0.5, 0.6) is 11.5 Å². The summed E-state index contributed by atoms with van der Waals surface area (Å²) in [5.41, 5.74) is 1.34. The lowest BCUT2D eigenvalue weighted by molar-refractivity contribution is 0.131. The van der Waals surface area contributed by atoms with Gasteiger partial charge in [-0.2, -0.15) is 0 Å². The van der Waals surface area contributed by atoms with Crippen molar-refractivity contribution in [2.24, 2.45) is 11.8 Å². The van der Waals surface area contributed by atoms with Crippen molar-refractivity contribution in [1.29, 1.82) is 0 Å². The van der Waals surface area contributed by atoms with Gasteiger partial charge < -0.3 is 9.47 Å². The molecular formula is C22H27NO2. The quantitative estimate of drug-likeness (QED) is 0.571. The summed E-state index contributed by atoms with van der Waals surface area (Å²) in [6, 6.07) is 18.6. The fraction of sp³-hybridized carbons (Fsp3) is 0.455. The Morgan fingerprint density at radius 3 is 2.44 bits per heavy atom. The highest BCUT2D eigenvalue weighted by Crippen LogP contribution is 2.46. The Morgan fingerprint density at radius 1 is 0.880 bits per heavy atom. The fourth-order valence-electron chi connectivity index (χ4n) is 4.24. The van der Waals surface area contributed by atoms with E-state index >= 15 is 0 Å². The maximum atomic E-state index is 6.31. The minimum atomic E-state index is 0.384. The standard InChI is InChI=1S/C22H27NO2/c1-2-6-17(7-3-1)12-13-23-16-24-20-8-4-5-9-21(20)25-22-15-18-10-11-19(22)14-18/h1-9,18-19,22-23H,10-16H2. The first kappa shape index (κ1) is 16.5. The lowest BCUT2D eigenvalue weighted by Gasteiger charge is -2.24. The van der Waals surface area contributed by atoms with E-state index in [0.717, 1.165) is 36.3 Å². The van der Waals surface area contributed by atoms with Crippen LogP contribution in [-0.2, 0) is 6.42 Å². The topological polar surface area (TPSA) is 30.5 Å². The molecule has 2 bridgehead atoms. The van der Waals surface area contributed by atoms with Crippen molar-refractivity contribution >= 4 is 0 Å². The first-order valence-electron chi connectivity index (χ1n) is 9.51. The second-order valence-electron chi connectivity index (χ2n) is 7.30. The molecule has 3 atom stereocenters. The maximum absolute atomic E-state index is 6.31. The minimum Gasteiger partial charge on any atom is -0.486 e. The first-order chi connectivity index (χ1) is 12.4. The van der Waals surface area contributed by atoms with Gasteiger partial charge in [0.15, 0.2) is 11.5 Å². The van der Waals surface area contributed by atoms with Crippen LogP contribution in [0.25, 0.3) is 0 Å². The van der Waals surface area contributed by atoms with E-state index in [4.69, 9.17) is 9.47 Å². The van der Waals surface area contributed by atoms with Gasteiger partial charge in [0.25, 0.3) is 0 Å². The average molecular weight is 337 g/mol. The van der Waals surface area contributed by atoms with Crippen LogP contribution in [0.4, 0.5) is 0 Å². The highest BCUT2D eigenvalue weighted by molar-refractivity contribution is 5.39. The number of benzene rings is 2. The van der Waals surface area contributed by atoms with Crippen LogP contribution in [0.3, 0.4) is 0 Å². The summed E-state index contributed by atoms with van der Waals surface area (Å²) in [5, 5.41) is 3.35. The van der Waals surface area contributed by atoms with Crippen LogP contribution in [0.1, 0.15) is 31.2 Å². The molecule has 0 spiro atoms. The zero-order valence-electron chi connectivity index (χ0n) is 14.7. The van der Waals surface area contributed by atoms with Gasteiger partial charge in [0, 0.05) is 6.54 Å². The number of hydrogen-bond donors (Lipinski definition) is 1. The van der Waals surface area contributed by atoms with Gasteiger partial charge in [-0.25, -0.2) is 0 Å². The summed E-state index contributed by atoms with van der Waals surface area (Å²) >= 11 is 0. The third-order valence-electron chi connectivity index (χ3n) is 5.56. The molecule has 132 valence electrons. The van der Waals surface area contributed by atoms with E-state index in [1.807, 2.05) is 30.3 Å². The lowest BCUT2D eigenvalue weighted by Crippen LogP contribution is -2.25. The molecule has 2 fully saturated rings. The predicted octanol–water partition coefficient (Wildman–Crippen LogP) is 4.42. The molecule has 0 heterocycles. The maximum Gasteiger partial charge on any atom is 0.163 e. The molecule has 4 rings (SSSR count). The molecule has 3 heteroatoms. The second-order valence-corrected chi connectivity index (χ2v) is 7.30. The largest absolute Gasteiger partial charge is 0.486 e. The molecule has 1 N–H and O–H groups in total. The Hall–Kier alpha value is -2.00. The van der Waals surface area contributed by atoms with Crippen molar-refractivity contribution in [3.63, 3.8) is 0 Å². The van der Waals surface area contributed by atoms with Crippen molar-refractivity contribution in [2.45, 2.75) is 38.2 Å². The van der Waals surface area contributed by atoms with Gasteiger partial charge in [-0.05, 0) is 61.6 Å². The fourth-order valence-corrected chi connectivity index (χ4v) is 4.24. The Morgan fingerprint density at radius 2 is 1.68 bits per heavy atom. The summed E-state index contributed by atoms with van der Waals surface area (Å²) < 4.78 is 12.2. The monoisotopic (exact) mass is 337 g/mol. The van der Waals surface area contributed by atoms with Crippen molar-refractivity contribution in [3.05, 3.63) is 60.2 Å². The van der Waals surface area contributed by atoms with E-state index in [-0.39, 0.29) is 0 Å². The van der Waals surface area contributed by atoms with Crippen molar-refractivity contribution < 1.29 is 9.47 Å². The Kier molecular flexibility index (Phi) is 5.22. The van der Waals surface area contributed by atoms with Crippen LogP contribution in [0.15, 0.2) is 54.6 Å². The van der Waals surface area contributed by atoms with E-state index < -0.39 is 0 Å². The normalized spacial score (nSPS) is 24.4. The number of fused-ring (bicyclic) bond motifs is 2. The molecule has 2 saturated carbocycles. The zero-order chi connectivity index (χ0) is 16.9. The molecule has 0 aliphatic heterocycles. The van der Waals surface area contributed by atoms with Gasteiger partial charge in [-0.3, -0.25) is 5.32 Å². The van der Waals surface area contributed by atoms with E-state index in [1.165, 1.54) is 31.2 Å². The van der Waals surface area contributed by atoms with Crippen LogP contribution >= 0.6 is 0 Å². The Bertz CT molecular complexity index is 673. The number of ether oxygens (including phenoxy) is 2. The minimum absolute atomic E-state index is 0.384. The second kappa shape index (κ2) is 7.92. The summed E-state index contributed by atoms with van der Waals surface area (Å²) in [4.78, 5) is 0. The molecule has 2 aliphatic carbocycles. The van der Waals surface area contributed by atoms with Crippen LogP contribution in [0.2, 0.25) is 0 Å². The number of para-hydroxylation sites is 2. The predicted molar refractivity (Wildman–Crippen MR) is 99.9 cm³/mol. The van der Waals surface area contributed by atoms with Gasteiger partial charge >= 0.3 is 0 Å². The smallest absolute Gasteiger partial charge is 0.163 e. The zero-order valence-corrected chi connectivity index (χ0v) is 14.7. The van der Waals surface area contributed by atoms with E-state index in [2.05, 4.69) is 29.6 Å². The Balaban J connectivity index is 1.25. The third-order valence-corrected chi connectivity index (χ3v) is 5.56. The number of nitrogens with one attached hydrogen (secondary N) is 1. The molecule has 3 nitrogen and oxygen atoms in total. The Labute approximate surface area is 150 Å². The molecule has 0 saturated heterocycles. The van der Waals surface area contributed by atoms with E-state index in [1.54, 1.807) is 0 Å². The molecular weight excluding hydrogens is 310 g/mol. The summed E-state index contributed by atoms with van der Waals surface area (Å²) in [5.74, 6) is 3.38. The summed E-state index contributed by atoms with van der Waals surface area (Å²) in [7, 11) is 0. The molecule has 2 aliphatic rings. The van der Waals surface area contributed by atoms with Gasteiger partial charge in [0.2, 0.25) is 0 Å². The van der Waals surface area contributed by atoms with Crippen molar-refractivity contribution in [3.8, 4) is 11.5 Å². The van der Waals surface area contributed by atoms with E-state index in [0.29, 0.717) is 12.8 Å². The van der Waals surface area contributed by atoms with E-state index in [9.17, 15) is 0 Å². The average Bonchev–Trinajstić information content (AvgIpc) is 3.27. The molecule has 25 heavy (non-hydrogen) atoms. The highest BCUT2D eigenvalue weighted by Gasteiger charge is 2.41. The summed E-state index contributed by atoms with van der Waals surface area (Å²) in [6.07, 6.45) is 6.69.